The first-order valence-corrected chi connectivity index (χ1v) is 7.67. The third-order valence-corrected chi connectivity index (χ3v) is 4.11. The standard InChI is InChI=1S/C15H18N2O8/c1-7(18)16-11-12(19)13-10(24-14(11)20)6-23-15(25-13)8-3-2-4-9(5-8)17(21)22/h2-5,10-15,19-20H,6H2,1H3,(H,16,18)/t10-,11-,12-,13+,14?,15+/m1/s1. The number of nitrogens with zero attached hydrogens (tertiary/aromatic N) is 1. The van der Waals surface area contributed by atoms with Gasteiger partial charge in [-0.2, -0.15) is 0 Å². The molecule has 6 atom stereocenters. The van der Waals surface area contributed by atoms with Crippen LogP contribution in [0.5, 0.6) is 0 Å². The Hall–Kier alpha value is -2.11. The van der Waals surface area contributed by atoms with Gasteiger partial charge < -0.3 is 29.7 Å². The highest BCUT2D eigenvalue weighted by atomic mass is 16.7. The van der Waals surface area contributed by atoms with Gasteiger partial charge >= 0.3 is 0 Å². The zero-order chi connectivity index (χ0) is 18.1. The molecule has 10 nitrogen and oxygen atoms in total. The van der Waals surface area contributed by atoms with Gasteiger partial charge in [0.25, 0.3) is 5.69 Å². The first kappa shape index (κ1) is 17.7. The minimum absolute atomic E-state index is 0.0128. The van der Waals surface area contributed by atoms with E-state index in [0.717, 1.165) is 0 Å². The molecule has 2 aliphatic heterocycles. The Morgan fingerprint density at radius 2 is 2.12 bits per heavy atom. The van der Waals surface area contributed by atoms with E-state index in [2.05, 4.69) is 5.32 Å². The topological polar surface area (TPSA) is 140 Å². The fourth-order valence-corrected chi connectivity index (χ4v) is 2.95. The van der Waals surface area contributed by atoms with E-state index in [-0.39, 0.29) is 12.3 Å². The highest BCUT2D eigenvalue weighted by Gasteiger charge is 2.49. The summed E-state index contributed by atoms with van der Waals surface area (Å²) in [5.41, 5.74) is 0.306. The van der Waals surface area contributed by atoms with Crippen LogP contribution in [0.15, 0.2) is 24.3 Å². The van der Waals surface area contributed by atoms with Crippen molar-refractivity contribution in [2.75, 3.05) is 6.61 Å². The molecule has 25 heavy (non-hydrogen) atoms. The first-order chi connectivity index (χ1) is 11.9. The van der Waals surface area contributed by atoms with Crippen molar-refractivity contribution in [2.45, 2.75) is 43.9 Å². The molecule has 136 valence electrons. The number of amides is 1. The number of fused-ring (bicyclic) bond motifs is 1. The van der Waals surface area contributed by atoms with Gasteiger partial charge in [-0.25, -0.2) is 0 Å². The molecule has 0 aromatic heterocycles. The number of carbonyl (C=O) groups excluding carboxylic acids is 1. The number of benzene rings is 1. The molecule has 3 N–H and O–H groups in total. The molecule has 1 aromatic carbocycles. The summed E-state index contributed by atoms with van der Waals surface area (Å²) in [6.45, 7) is 1.27. The Labute approximate surface area is 142 Å². The number of nitro groups is 1. The third kappa shape index (κ3) is 3.62. The quantitative estimate of drug-likeness (QED) is 0.491. The van der Waals surface area contributed by atoms with Gasteiger partial charge in [0.15, 0.2) is 12.6 Å². The average molecular weight is 354 g/mol. The van der Waals surface area contributed by atoms with Crippen LogP contribution in [0, 0.1) is 10.1 Å². The average Bonchev–Trinajstić information content (AvgIpc) is 2.58. The number of ether oxygens (including phenoxy) is 3. The fourth-order valence-electron chi connectivity index (χ4n) is 2.95. The van der Waals surface area contributed by atoms with Crippen LogP contribution < -0.4 is 5.32 Å². The van der Waals surface area contributed by atoms with E-state index in [1.54, 1.807) is 6.07 Å². The van der Waals surface area contributed by atoms with Crippen LogP contribution in [0.25, 0.3) is 0 Å². The van der Waals surface area contributed by atoms with Crippen LogP contribution in [0.4, 0.5) is 5.69 Å². The molecule has 2 heterocycles. The van der Waals surface area contributed by atoms with Gasteiger partial charge in [0.1, 0.15) is 24.4 Å². The number of aliphatic hydroxyl groups is 2. The Balaban J connectivity index is 1.77. The van der Waals surface area contributed by atoms with E-state index in [9.17, 15) is 25.1 Å². The molecule has 10 heteroatoms. The lowest BCUT2D eigenvalue weighted by molar-refractivity contribution is -0.385. The minimum Gasteiger partial charge on any atom is -0.388 e. The molecule has 0 spiro atoms. The first-order valence-electron chi connectivity index (χ1n) is 7.67. The molecule has 0 radical (unpaired) electrons. The number of nitro benzene ring substituents is 1. The molecule has 2 saturated heterocycles. The normalized spacial score (nSPS) is 34.8. The summed E-state index contributed by atoms with van der Waals surface area (Å²) in [4.78, 5) is 21.6. The molecule has 0 aliphatic carbocycles. The Bertz CT molecular complexity index is 669. The van der Waals surface area contributed by atoms with E-state index in [1.165, 1.54) is 25.1 Å². The summed E-state index contributed by atoms with van der Waals surface area (Å²) in [7, 11) is 0. The molecule has 2 fully saturated rings. The van der Waals surface area contributed by atoms with E-state index in [4.69, 9.17) is 14.2 Å². The van der Waals surface area contributed by atoms with Gasteiger partial charge in [0.2, 0.25) is 5.91 Å². The van der Waals surface area contributed by atoms with Crippen LogP contribution in [0.1, 0.15) is 18.8 Å². The zero-order valence-electron chi connectivity index (χ0n) is 13.3. The van der Waals surface area contributed by atoms with Gasteiger partial charge in [0, 0.05) is 24.6 Å². The maximum absolute atomic E-state index is 11.2. The van der Waals surface area contributed by atoms with Gasteiger partial charge in [-0.3, -0.25) is 14.9 Å². The maximum Gasteiger partial charge on any atom is 0.269 e. The second kappa shape index (κ2) is 7.02. The van der Waals surface area contributed by atoms with Gasteiger partial charge in [0.05, 0.1) is 11.5 Å². The summed E-state index contributed by atoms with van der Waals surface area (Å²) in [6.07, 6.45) is -5.18. The Kier molecular flexibility index (Phi) is 4.97. The largest absolute Gasteiger partial charge is 0.388 e. The number of hydrogen-bond donors (Lipinski definition) is 3. The van der Waals surface area contributed by atoms with Gasteiger partial charge in [-0.15, -0.1) is 0 Å². The van der Waals surface area contributed by atoms with Crippen LogP contribution in [0.2, 0.25) is 0 Å². The highest BCUT2D eigenvalue weighted by Crippen LogP contribution is 2.34. The summed E-state index contributed by atoms with van der Waals surface area (Å²) < 4.78 is 16.5. The molecular weight excluding hydrogens is 336 g/mol. The molecule has 3 rings (SSSR count). The predicted molar refractivity (Wildman–Crippen MR) is 81.2 cm³/mol. The number of aliphatic hydroxyl groups excluding tert-OH is 2. The van der Waals surface area contributed by atoms with Crippen molar-refractivity contribution in [3.63, 3.8) is 0 Å². The molecule has 1 aromatic rings. The van der Waals surface area contributed by atoms with Crippen molar-refractivity contribution in [2.24, 2.45) is 0 Å². The molecule has 0 bridgehead atoms. The third-order valence-electron chi connectivity index (χ3n) is 4.11. The predicted octanol–water partition coefficient (Wildman–Crippen LogP) is -0.408. The van der Waals surface area contributed by atoms with Crippen LogP contribution in [-0.4, -0.2) is 58.3 Å². The number of non-ortho nitro benzene ring substituents is 1. The van der Waals surface area contributed by atoms with Gasteiger partial charge in [-0.1, -0.05) is 12.1 Å². The van der Waals surface area contributed by atoms with Crippen LogP contribution >= 0.6 is 0 Å². The molecule has 0 saturated carbocycles. The summed E-state index contributed by atoms with van der Waals surface area (Å²) in [5, 5.41) is 33.7. The van der Waals surface area contributed by atoms with Crippen molar-refractivity contribution < 1.29 is 34.1 Å². The van der Waals surface area contributed by atoms with Gasteiger partial charge in [-0.05, 0) is 0 Å². The monoisotopic (exact) mass is 354 g/mol. The van der Waals surface area contributed by atoms with E-state index < -0.39 is 47.8 Å². The second-order valence-corrected chi connectivity index (χ2v) is 5.90. The lowest BCUT2D eigenvalue weighted by Crippen LogP contribution is -2.66. The Morgan fingerprint density at radius 1 is 1.36 bits per heavy atom. The zero-order valence-corrected chi connectivity index (χ0v) is 13.3. The number of hydrogen-bond acceptors (Lipinski definition) is 8. The molecule has 1 amide bonds. The van der Waals surface area contributed by atoms with Crippen molar-refractivity contribution in [3.05, 3.63) is 39.9 Å². The van der Waals surface area contributed by atoms with Crippen molar-refractivity contribution in [1.29, 1.82) is 0 Å². The second-order valence-electron chi connectivity index (χ2n) is 5.90. The Morgan fingerprint density at radius 3 is 2.80 bits per heavy atom. The number of rotatable bonds is 3. The van der Waals surface area contributed by atoms with Crippen LogP contribution in [0.3, 0.4) is 0 Å². The highest BCUT2D eigenvalue weighted by molar-refractivity contribution is 5.73. The van der Waals surface area contributed by atoms with E-state index in [1.807, 2.05) is 0 Å². The smallest absolute Gasteiger partial charge is 0.269 e. The summed E-state index contributed by atoms with van der Waals surface area (Å²) in [5.74, 6) is -0.438. The fraction of sp³-hybridized carbons (Fsp3) is 0.533. The van der Waals surface area contributed by atoms with Crippen LogP contribution in [-0.2, 0) is 19.0 Å². The SMILES string of the molecule is CC(=O)N[C@H]1C(O)O[C@@H]2CO[C@H](c3cccc([N+](=O)[O-])c3)O[C@@H]2[C@@H]1O. The number of carbonyl (C=O) groups is 1. The summed E-state index contributed by atoms with van der Waals surface area (Å²) >= 11 is 0. The van der Waals surface area contributed by atoms with E-state index >= 15 is 0 Å². The molecule has 1 unspecified atom stereocenters. The van der Waals surface area contributed by atoms with Crippen molar-refractivity contribution in [3.8, 4) is 0 Å². The summed E-state index contributed by atoms with van der Waals surface area (Å²) in [6, 6.07) is 4.72. The lowest BCUT2D eigenvalue weighted by atomic mass is 9.96. The minimum atomic E-state index is -1.40. The van der Waals surface area contributed by atoms with E-state index in [0.29, 0.717) is 5.56 Å². The lowest BCUT2D eigenvalue weighted by Gasteiger charge is -2.46. The maximum atomic E-state index is 11.2. The molecular formula is C15H18N2O8. The van der Waals surface area contributed by atoms with Crippen molar-refractivity contribution in [1.82, 2.24) is 5.32 Å². The molecule has 2 aliphatic rings. The number of nitrogens with one attached hydrogen (secondary N) is 1. The van der Waals surface area contributed by atoms with Crippen molar-refractivity contribution >= 4 is 11.6 Å².